The highest BCUT2D eigenvalue weighted by molar-refractivity contribution is 5.80. The lowest BCUT2D eigenvalue weighted by molar-refractivity contribution is -0.134. The zero-order chi connectivity index (χ0) is 24.9. The van der Waals surface area contributed by atoms with Crippen LogP contribution in [0.4, 0.5) is 4.39 Å². The van der Waals surface area contributed by atoms with Crippen LogP contribution in [0.15, 0.2) is 42.5 Å². The van der Waals surface area contributed by atoms with Gasteiger partial charge in [-0.05, 0) is 73.1 Å². The van der Waals surface area contributed by atoms with Crippen molar-refractivity contribution in [1.82, 2.24) is 10.2 Å². The van der Waals surface area contributed by atoms with Gasteiger partial charge in [0.1, 0.15) is 11.6 Å². The van der Waals surface area contributed by atoms with E-state index >= 15 is 0 Å². The molecule has 1 fully saturated rings. The van der Waals surface area contributed by atoms with Gasteiger partial charge in [0.05, 0.1) is 12.1 Å². The Labute approximate surface area is 206 Å². The molecule has 0 spiro atoms. The summed E-state index contributed by atoms with van der Waals surface area (Å²) in [6, 6.07) is 11.7. The SMILES string of the molecule is CC(C)CC(=O)N1CCc2ccc(OC(C)C(=O)NCC3CCCO3)cc2C1c1cccc(F)c1. The van der Waals surface area contributed by atoms with Crippen molar-refractivity contribution in [3.8, 4) is 5.75 Å². The zero-order valence-electron chi connectivity index (χ0n) is 20.8. The first-order valence-corrected chi connectivity index (χ1v) is 12.6. The average Bonchev–Trinajstić information content (AvgIpc) is 3.35. The van der Waals surface area contributed by atoms with E-state index in [1.54, 1.807) is 13.0 Å². The fraction of sp³-hybridized carbons (Fsp3) is 0.500. The minimum absolute atomic E-state index is 0.0492. The summed E-state index contributed by atoms with van der Waals surface area (Å²) < 4.78 is 25.7. The number of carbonyl (C=O) groups excluding carboxylic acids is 2. The number of carbonyl (C=O) groups is 2. The number of hydrogen-bond acceptors (Lipinski definition) is 4. The second-order valence-corrected chi connectivity index (χ2v) is 9.89. The van der Waals surface area contributed by atoms with E-state index in [0.717, 1.165) is 36.1 Å². The molecule has 2 aliphatic heterocycles. The molecule has 4 rings (SSSR count). The molecule has 0 aliphatic carbocycles. The Hall–Kier alpha value is -2.93. The van der Waals surface area contributed by atoms with E-state index in [-0.39, 0.29) is 29.7 Å². The highest BCUT2D eigenvalue weighted by atomic mass is 19.1. The van der Waals surface area contributed by atoms with Gasteiger partial charge in [-0.2, -0.15) is 0 Å². The van der Waals surface area contributed by atoms with Gasteiger partial charge in [-0.25, -0.2) is 4.39 Å². The van der Waals surface area contributed by atoms with E-state index in [4.69, 9.17) is 9.47 Å². The van der Waals surface area contributed by atoms with Gasteiger partial charge in [-0.15, -0.1) is 0 Å². The van der Waals surface area contributed by atoms with Crippen molar-refractivity contribution in [2.45, 2.75) is 64.7 Å². The lowest BCUT2D eigenvalue weighted by atomic mass is 9.87. The molecule has 188 valence electrons. The van der Waals surface area contributed by atoms with Gasteiger partial charge in [0, 0.05) is 26.1 Å². The standard InChI is InChI=1S/C28H35FN2O4/c1-18(2)14-26(32)31-12-11-20-9-10-23(16-25(20)27(31)21-6-4-7-22(29)15-21)35-19(3)28(33)30-17-24-8-5-13-34-24/h4,6-7,9-10,15-16,18-19,24,27H,5,8,11-14,17H2,1-3H3,(H,30,33). The Bertz CT molecular complexity index is 1050. The molecule has 0 aromatic heterocycles. The van der Waals surface area contributed by atoms with Crippen LogP contribution in [0.3, 0.4) is 0 Å². The number of hydrogen-bond donors (Lipinski definition) is 1. The Morgan fingerprint density at radius 2 is 2.03 bits per heavy atom. The van der Waals surface area contributed by atoms with Gasteiger partial charge in [-0.3, -0.25) is 9.59 Å². The summed E-state index contributed by atoms with van der Waals surface area (Å²) in [6.07, 6.45) is 2.49. The minimum atomic E-state index is -0.690. The lowest BCUT2D eigenvalue weighted by Gasteiger charge is -2.38. The van der Waals surface area contributed by atoms with Crippen molar-refractivity contribution >= 4 is 11.8 Å². The molecule has 1 N–H and O–H groups in total. The van der Waals surface area contributed by atoms with E-state index in [2.05, 4.69) is 5.32 Å². The van der Waals surface area contributed by atoms with Crippen molar-refractivity contribution in [3.05, 3.63) is 65.0 Å². The topological polar surface area (TPSA) is 67.9 Å². The summed E-state index contributed by atoms with van der Waals surface area (Å²) in [5.74, 6) is 0.278. The van der Waals surface area contributed by atoms with Gasteiger partial charge < -0.3 is 19.7 Å². The summed E-state index contributed by atoms with van der Waals surface area (Å²) >= 11 is 0. The van der Waals surface area contributed by atoms with Crippen molar-refractivity contribution in [1.29, 1.82) is 0 Å². The summed E-state index contributed by atoms with van der Waals surface area (Å²) in [4.78, 5) is 27.6. The molecule has 0 bridgehead atoms. The van der Waals surface area contributed by atoms with E-state index in [1.165, 1.54) is 12.1 Å². The van der Waals surface area contributed by atoms with Gasteiger partial charge in [0.2, 0.25) is 5.91 Å². The quantitative estimate of drug-likeness (QED) is 0.605. The molecule has 2 aromatic rings. The molecule has 2 aliphatic rings. The maximum Gasteiger partial charge on any atom is 0.260 e. The molecule has 2 amide bonds. The highest BCUT2D eigenvalue weighted by Gasteiger charge is 2.33. The Morgan fingerprint density at radius 1 is 1.20 bits per heavy atom. The van der Waals surface area contributed by atoms with Crippen molar-refractivity contribution in [2.75, 3.05) is 19.7 Å². The van der Waals surface area contributed by atoms with Gasteiger partial charge in [-0.1, -0.05) is 32.0 Å². The number of nitrogens with one attached hydrogen (secondary N) is 1. The molecule has 1 saturated heterocycles. The maximum atomic E-state index is 14.2. The largest absolute Gasteiger partial charge is 0.481 e. The predicted molar refractivity (Wildman–Crippen MR) is 132 cm³/mol. The third-order valence-corrected chi connectivity index (χ3v) is 6.62. The molecule has 2 aromatic carbocycles. The third-order valence-electron chi connectivity index (χ3n) is 6.62. The average molecular weight is 483 g/mol. The number of nitrogens with zero attached hydrogens (tertiary/aromatic N) is 1. The number of fused-ring (bicyclic) bond motifs is 1. The molecule has 35 heavy (non-hydrogen) atoms. The van der Waals surface area contributed by atoms with E-state index in [0.29, 0.717) is 31.7 Å². The molecule has 6 nitrogen and oxygen atoms in total. The number of rotatable bonds is 8. The number of amides is 2. The maximum absolute atomic E-state index is 14.2. The summed E-state index contributed by atoms with van der Waals surface area (Å²) in [6.45, 7) is 7.54. The number of ether oxygens (including phenoxy) is 2. The Kier molecular flexibility index (Phi) is 8.06. The molecule has 2 heterocycles. The van der Waals surface area contributed by atoms with Gasteiger partial charge in [0.15, 0.2) is 6.10 Å². The first-order valence-electron chi connectivity index (χ1n) is 12.6. The van der Waals surface area contributed by atoms with Crippen LogP contribution in [0.25, 0.3) is 0 Å². The van der Waals surface area contributed by atoms with E-state index < -0.39 is 12.1 Å². The highest BCUT2D eigenvalue weighted by Crippen LogP contribution is 2.38. The van der Waals surface area contributed by atoms with Crippen LogP contribution in [-0.4, -0.2) is 48.6 Å². The van der Waals surface area contributed by atoms with Crippen molar-refractivity contribution < 1.29 is 23.5 Å². The van der Waals surface area contributed by atoms with E-state index in [1.807, 2.05) is 43.0 Å². The lowest BCUT2D eigenvalue weighted by Crippen LogP contribution is -2.41. The smallest absolute Gasteiger partial charge is 0.260 e. The first-order chi connectivity index (χ1) is 16.8. The van der Waals surface area contributed by atoms with Gasteiger partial charge >= 0.3 is 0 Å². The molecular weight excluding hydrogens is 447 g/mol. The molecule has 7 heteroatoms. The van der Waals surface area contributed by atoms with Crippen molar-refractivity contribution in [2.24, 2.45) is 5.92 Å². The Morgan fingerprint density at radius 3 is 2.74 bits per heavy atom. The van der Waals surface area contributed by atoms with Crippen molar-refractivity contribution in [3.63, 3.8) is 0 Å². The number of benzene rings is 2. The zero-order valence-corrected chi connectivity index (χ0v) is 20.8. The van der Waals surface area contributed by atoms with E-state index in [9.17, 15) is 14.0 Å². The molecule has 3 unspecified atom stereocenters. The normalized spacial score (nSPS) is 20.4. The molecule has 0 saturated carbocycles. The van der Waals surface area contributed by atoms with Crippen LogP contribution in [-0.2, 0) is 20.7 Å². The summed E-state index contributed by atoms with van der Waals surface area (Å²) in [7, 11) is 0. The van der Waals surface area contributed by atoms with Crippen LogP contribution in [0.2, 0.25) is 0 Å². The Balaban J connectivity index is 1.56. The van der Waals surface area contributed by atoms with Crippen LogP contribution < -0.4 is 10.1 Å². The fourth-order valence-corrected chi connectivity index (χ4v) is 4.86. The van der Waals surface area contributed by atoms with Crippen LogP contribution in [0.1, 0.15) is 62.8 Å². The van der Waals surface area contributed by atoms with Crippen LogP contribution in [0.5, 0.6) is 5.75 Å². The molecular formula is C28H35FN2O4. The second-order valence-electron chi connectivity index (χ2n) is 9.89. The molecule has 3 atom stereocenters. The van der Waals surface area contributed by atoms with Gasteiger partial charge in [0.25, 0.3) is 5.91 Å². The monoisotopic (exact) mass is 482 g/mol. The third kappa shape index (κ3) is 6.20. The van der Waals surface area contributed by atoms with Crippen LogP contribution >= 0.6 is 0 Å². The number of halogens is 1. The first kappa shape index (κ1) is 25.2. The minimum Gasteiger partial charge on any atom is -0.481 e. The summed E-state index contributed by atoms with van der Waals surface area (Å²) in [5, 5.41) is 2.90. The molecule has 0 radical (unpaired) electrons. The second kappa shape index (κ2) is 11.2. The predicted octanol–water partition coefficient (Wildman–Crippen LogP) is 4.41. The summed E-state index contributed by atoms with van der Waals surface area (Å²) in [5.41, 5.74) is 2.72. The fourth-order valence-electron chi connectivity index (χ4n) is 4.86. The van der Waals surface area contributed by atoms with Crippen LogP contribution in [0, 0.1) is 11.7 Å².